The normalized spacial score (nSPS) is 22.1. The van der Waals surface area contributed by atoms with Gasteiger partial charge in [0.15, 0.2) is 0 Å². The first kappa shape index (κ1) is 18.4. The van der Waals surface area contributed by atoms with Crippen LogP contribution in [0.5, 0.6) is 5.75 Å². The summed E-state index contributed by atoms with van der Waals surface area (Å²) in [7, 11) is 0. The van der Waals surface area contributed by atoms with Crippen LogP contribution < -0.4 is 10.9 Å². The Morgan fingerprint density at radius 3 is 2.58 bits per heavy atom. The van der Waals surface area contributed by atoms with Crippen LogP contribution in [0.15, 0.2) is 16.9 Å². The van der Waals surface area contributed by atoms with E-state index in [0.29, 0.717) is 11.6 Å². The van der Waals surface area contributed by atoms with Gasteiger partial charge in [0, 0.05) is 30.4 Å². The second kappa shape index (κ2) is 7.49. The van der Waals surface area contributed by atoms with Gasteiger partial charge >= 0.3 is 5.97 Å². The Morgan fingerprint density at radius 1 is 1.31 bits per heavy atom. The van der Waals surface area contributed by atoms with E-state index < -0.39 is 11.5 Å². The predicted molar refractivity (Wildman–Crippen MR) is 94.0 cm³/mol. The molecule has 2 aliphatic carbocycles. The number of carboxylic acids is 1. The molecule has 26 heavy (non-hydrogen) atoms. The number of carbonyl (C=O) groups excluding carboxylic acids is 1. The highest BCUT2D eigenvalue weighted by Crippen LogP contribution is 2.33. The van der Waals surface area contributed by atoms with Crippen LogP contribution in [0, 0.1) is 12.8 Å². The number of hydrogen-bond donors (Lipinski definition) is 3. The summed E-state index contributed by atoms with van der Waals surface area (Å²) < 4.78 is 1.31. The number of aromatic nitrogens is 1. The maximum atomic E-state index is 12.2. The Balaban J connectivity index is 1.49. The van der Waals surface area contributed by atoms with Crippen molar-refractivity contribution in [3.8, 4) is 5.75 Å². The molecule has 0 aromatic carbocycles. The lowest BCUT2D eigenvalue weighted by molar-refractivity contribution is -0.140. The largest absolute Gasteiger partial charge is 0.508 e. The standard InChI is InChI=1S/C18H25N3O5/c1-11-4-15(22)7-17(24)21(11)9-16(23)19-13-5-14(6-13)20(10-18(25)26)8-12-2-3-12/h4,7,12-14,22H,2-3,5-6,8-10H2,1H3,(H,19,23)(H,25,26). The van der Waals surface area contributed by atoms with E-state index in [4.69, 9.17) is 5.11 Å². The van der Waals surface area contributed by atoms with Crippen molar-refractivity contribution in [3.05, 3.63) is 28.2 Å². The van der Waals surface area contributed by atoms with Gasteiger partial charge in [-0.25, -0.2) is 0 Å². The van der Waals surface area contributed by atoms with Crippen LogP contribution in [-0.2, 0) is 16.1 Å². The van der Waals surface area contributed by atoms with Gasteiger partial charge in [0.2, 0.25) is 5.91 Å². The maximum absolute atomic E-state index is 12.2. The van der Waals surface area contributed by atoms with E-state index in [1.807, 2.05) is 4.90 Å². The van der Waals surface area contributed by atoms with Crippen molar-refractivity contribution in [2.24, 2.45) is 5.92 Å². The second-order valence-corrected chi connectivity index (χ2v) is 7.44. The molecule has 2 saturated carbocycles. The summed E-state index contributed by atoms with van der Waals surface area (Å²) in [5, 5.41) is 21.4. The molecule has 1 aromatic heterocycles. The fourth-order valence-corrected chi connectivity index (χ4v) is 3.48. The summed E-state index contributed by atoms with van der Waals surface area (Å²) in [6.45, 7) is 2.44. The van der Waals surface area contributed by atoms with Gasteiger partial charge in [0.05, 0.1) is 6.54 Å². The molecule has 0 saturated heterocycles. The summed E-state index contributed by atoms with van der Waals surface area (Å²) in [5.41, 5.74) is 0.106. The molecule has 0 bridgehead atoms. The highest BCUT2D eigenvalue weighted by molar-refractivity contribution is 5.76. The molecule has 3 N–H and O–H groups in total. The van der Waals surface area contributed by atoms with Gasteiger partial charge < -0.3 is 20.1 Å². The smallest absolute Gasteiger partial charge is 0.317 e. The molecular formula is C18H25N3O5. The first-order valence-corrected chi connectivity index (χ1v) is 8.97. The molecule has 2 fully saturated rings. The molecule has 0 unspecified atom stereocenters. The molecule has 0 aliphatic heterocycles. The fourth-order valence-electron chi connectivity index (χ4n) is 3.48. The maximum Gasteiger partial charge on any atom is 0.317 e. The molecule has 0 atom stereocenters. The van der Waals surface area contributed by atoms with Crippen LogP contribution in [0.1, 0.15) is 31.4 Å². The lowest BCUT2D eigenvalue weighted by Gasteiger charge is -2.42. The Morgan fingerprint density at radius 2 is 2.00 bits per heavy atom. The number of aliphatic carboxylic acids is 1. The minimum Gasteiger partial charge on any atom is -0.508 e. The molecular weight excluding hydrogens is 338 g/mol. The third kappa shape index (κ3) is 4.63. The fraction of sp³-hybridized carbons (Fsp3) is 0.611. The van der Waals surface area contributed by atoms with Crippen molar-refractivity contribution in [3.63, 3.8) is 0 Å². The van der Waals surface area contributed by atoms with E-state index in [1.54, 1.807) is 6.92 Å². The third-order valence-corrected chi connectivity index (χ3v) is 5.14. The summed E-state index contributed by atoms with van der Waals surface area (Å²) in [5.74, 6) is -0.566. The van der Waals surface area contributed by atoms with E-state index in [9.17, 15) is 19.5 Å². The zero-order valence-corrected chi connectivity index (χ0v) is 14.9. The van der Waals surface area contributed by atoms with Gasteiger partial charge in [-0.3, -0.25) is 19.3 Å². The van der Waals surface area contributed by atoms with E-state index in [0.717, 1.165) is 25.5 Å². The lowest BCUT2D eigenvalue weighted by Crippen LogP contribution is -2.55. The zero-order valence-electron chi connectivity index (χ0n) is 14.9. The third-order valence-electron chi connectivity index (χ3n) is 5.14. The van der Waals surface area contributed by atoms with E-state index >= 15 is 0 Å². The number of nitrogens with zero attached hydrogens (tertiary/aromatic N) is 2. The topological polar surface area (TPSA) is 112 Å². The van der Waals surface area contributed by atoms with Crippen molar-refractivity contribution >= 4 is 11.9 Å². The highest BCUT2D eigenvalue weighted by Gasteiger charge is 2.37. The lowest BCUT2D eigenvalue weighted by atomic mass is 9.85. The average molecular weight is 363 g/mol. The van der Waals surface area contributed by atoms with Crippen LogP contribution in [-0.4, -0.2) is 56.7 Å². The van der Waals surface area contributed by atoms with E-state index in [1.165, 1.54) is 23.5 Å². The van der Waals surface area contributed by atoms with E-state index in [2.05, 4.69) is 5.32 Å². The summed E-state index contributed by atoms with van der Waals surface area (Å²) in [6, 6.07) is 2.73. The number of aryl methyl sites for hydroxylation is 1. The minimum absolute atomic E-state index is 0.0103. The summed E-state index contributed by atoms with van der Waals surface area (Å²) in [4.78, 5) is 37.1. The van der Waals surface area contributed by atoms with Crippen LogP contribution in [0.4, 0.5) is 0 Å². The molecule has 3 rings (SSSR count). The zero-order chi connectivity index (χ0) is 18.8. The molecule has 1 heterocycles. The Kier molecular flexibility index (Phi) is 5.31. The van der Waals surface area contributed by atoms with Crippen molar-refractivity contribution in [1.82, 2.24) is 14.8 Å². The Bertz CT molecular complexity index is 750. The number of hydrogen-bond acceptors (Lipinski definition) is 5. The summed E-state index contributed by atoms with van der Waals surface area (Å²) >= 11 is 0. The number of nitrogens with one attached hydrogen (secondary N) is 1. The Hall–Kier alpha value is -2.35. The van der Waals surface area contributed by atoms with Crippen molar-refractivity contribution in [2.45, 2.75) is 51.2 Å². The molecule has 1 aromatic rings. The van der Waals surface area contributed by atoms with Gasteiger partial charge in [-0.05, 0) is 44.6 Å². The van der Waals surface area contributed by atoms with E-state index in [-0.39, 0.29) is 36.8 Å². The predicted octanol–water partition coefficient (Wildman–Crippen LogP) is 0.306. The van der Waals surface area contributed by atoms with Crippen LogP contribution in [0.25, 0.3) is 0 Å². The van der Waals surface area contributed by atoms with Gasteiger partial charge in [-0.2, -0.15) is 0 Å². The highest BCUT2D eigenvalue weighted by atomic mass is 16.4. The van der Waals surface area contributed by atoms with Crippen LogP contribution >= 0.6 is 0 Å². The number of carboxylic acid groups (broad SMARTS) is 1. The monoisotopic (exact) mass is 363 g/mol. The second-order valence-electron chi connectivity index (χ2n) is 7.44. The SMILES string of the molecule is Cc1cc(O)cc(=O)n1CC(=O)NC1CC(N(CC(=O)O)CC2CC2)C1. The number of aromatic hydroxyl groups is 1. The summed E-state index contributed by atoms with van der Waals surface area (Å²) in [6.07, 6.45) is 3.80. The van der Waals surface area contributed by atoms with Gasteiger partial charge in [-0.15, -0.1) is 0 Å². The quantitative estimate of drug-likeness (QED) is 0.613. The first-order chi connectivity index (χ1) is 12.3. The molecule has 0 spiro atoms. The van der Waals surface area contributed by atoms with Crippen molar-refractivity contribution in [2.75, 3.05) is 13.1 Å². The number of pyridine rings is 1. The van der Waals surface area contributed by atoms with Crippen molar-refractivity contribution < 1.29 is 19.8 Å². The molecule has 8 nitrogen and oxygen atoms in total. The number of rotatable bonds is 8. The van der Waals surface area contributed by atoms with Crippen LogP contribution in [0.2, 0.25) is 0 Å². The van der Waals surface area contributed by atoms with Gasteiger partial charge in [0.1, 0.15) is 12.3 Å². The molecule has 8 heteroatoms. The molecule has 1 amide bonds. The van der Waals surface area contributed by atoms with Gasteiger partial charge in [-0.1, -0.05) is 0 Å². The first-order valence-electron chi connectivity index (χ1n) is 8.97. The van der Waals surface area contributed by atoms with Gasteiger partial charge in [0.25, 0.3) is 5.56 Å². The Labute approximate surface area is 151 Å². The average Bonchev–Trinajstić information content (AvgIpc) is 3.29. The molecule has 2 aliphatic rings. The number of carbonyl (C=O) groups is 2. The number of amides is 1. The van der Waals surface area contributed by atoms with Crippen LogP contribution in [0.3, 0.4) is 0 Å². The molecule has 0 radical (unpaired) electrons. The minimum atomic E-state index is -0.819. The molecule has 142 valence electrons. The van der Waals surface area contributed by atoms with Crippen molar-refractivity contribution in [1.29, 1.82) is 0 Å².